The zero-order chi connectivity index (χ0) is 22.3. The molecule has 2 rings (SSSR count). The molecule has 3 N–H and O–H groups in total. The normalized spacial score (nSPS) is 12.9. The van der Waals surface area contributed by atoms with Gasteiger partial charge in [-0.25, -0.2) is 8.78 Å². The van der Waals surface area contributed by atoms with Crippen LogP contribution in [0.3, 0.4) is 0 Å². The number of unbranched alkanes of at least 4 members (excludes halogenated alkanes) is 1. The first-order chi connectivity index (χ1) is 14.2. The summed E-state index contributed by atoms with van der Waals surface area (Å²) in [6, 6.07) is 9.01. The van der Waals surface area contributed by atoms with E-state index in [9.17, 15) is 22.8 Å². The lowest BCUT2D eigenvalue weighted by atomic mass is 9.89. The summed E-state index contributed by atoms with van der Waals surface area (Å²) in [6.07, 6.45) is 1.41. The Hall–Kier alpha value is -2.87. The predicted octanol–water partition coefficient (Wildman–Crippen LogP) is 3.68. The van der Waals surface area contributed by atoms with Crippen molar-refractivity contribution < 1.29 is 27.5 Å². The molecule has 0 aliphatic heterocycles. The summed E-state index contributed by atoms with van der Waals surface area (Å²) in [5.74, 6) is -5.91. The summed E-state index contributed by atoms with van der Waals surface area (Å²) < 4.78 is 46.7. The highest BCUT2D eigenvalue weighted by Crippen LogP contribution is 2.27. The molecule has 1 atom stereocenters. The number of ketones is 1. The van der Waals surface area contributed by atoms with Crippen LogP contribution in [0.1, 0.15) is 42.1 Å². The van der Waals surface area contributed by atoms with Gasteiger partial charge in [-0.1, -0.05) is 18.2 Å². The first-order valence-electron chi connectivity index (χ1n) is 9.57. The third-order valence-corrected chi connectivity index (χ3v) is 4.82. The number of rotatable bonds is 10. The van der Waals surface area contributed by atoms with Crippen LogP contribution in [0.15, 0.2) is 36.4 Å². The van der Waals surface area contributed by atoms with E-state index in [-0.39, 0.29) is 12.0 Å². The van der Waals surface area contributed by atoms with Crippen molar-refractivity contribution in [3.8, 4) is 5.75 Å². The minimum Gasteiger partial charge on any atom is -0.479 e. The van der Waals surface area contributed by atoms with Gasteiger partial charge in [-0.3, -0.25) is 9.59 Å². The Labute approximate surface area is 173 Å². The molecule has 1 amide bonds. The maximum Gasteiger partial charge on any atom is 0.252 e. The van der Waals surface area contributed by atoms with E-state index >= 15 is 0 Å². The molecule has 0 saturated carbocycles. The van der Waals surface area contributed by atoms with Gasteiger partial charge in [0.1, 0.15) is 6.61 Å². The Morgan fingerprint density at radius 2 is 1.77 bits per heavy atom. The minimum atomic E-state index is -1.51. The molecule has 0 saturated heterocycles. The zero-order valence-corrected chi connectivity index (χ0v) is 16.9. The number of benzene rings is 2. The average Bonchev–Trinajstić information content (AvgIpc) is 2.73. The van der Waals surface area contributed by atoms with Crippen molar-refractivity contribution in [1.29, 1.82) is 0 Å². The molecule has 0 bridgehead atoms. The summed E-state index contributed by atoms with van der Waals surface area (Å²) in [7, 11) is 0. The Bertz CT molecular complexity index is 880. The number of carbonyl (C=O) groups excluding carboxylic acids is 2. The number of halogens is 3. The lowest BCUT2D eigenvalue weighted by molar-refractivity contribution is -0.127. The van der Waals surface area contributed by atoms with Crippen LogP contribution in [0.2, 0.25) is 0 Å². The fourth-order valence-electron chi connectivity index (χ4n) is 2.93. The number of ether oxygens (including phenoxy) is 1. The first-order valence-corrected chi connectivity index (χ1v) is 9.57. The summed E-state index contributed by atoms with van der Waals surface area (Å²) in [5.41, 5.74) is 4.35. The summed E-state index contributed by atoms with van der Waals surface area (Å²) in [5, 5.41) is 2.69. The summed E-state index contributed by atoms with van der Waals surface area (Å²) >= 11 is 0. The molecular formula is C22H25F3N2O3. The fourth-order valence-corrected chi connectivity index (χ4v) is 2.93. The van der Waals surface area contributed by atoms with Crippen LogP contribution in [0, 0.1) is 24.4 Å². The van der Waals surface area contributed by atoms with E-state index in [0.717, 1.165) is 0 Å². The Morgan fingerprint density at radius 1 is 1.10 bits per heavy atom. The van der Waals surface area contributed by atoms with Gasteiger partial charge in [-0.15, -0.1) is 0 Å². The van der Waals surface area contributed by atoms with Crippen molar-refractivity contribution in [2.45, 2.75) is 38.6 Å². The molecule has 162 valence electrons. The molecule has 0 unspecified atom stereocenters. The van der Waals surface area contributed by atoms with Gasteiger partial charge in [0, 0.05) is 5.56 Å². The van der Waals surface area contributed by atoms with Crippen LogP contribution in [0.5, 0.6) is 5.75 Å². The van der Waals surface area contributed by atoms with E-state index < -0.39 is 47.0 Å². The molecular weight excluding hydrogens is 397 g/mol. The van der Waals surface area contributed by atoms with E-state index in [1.54, 1.807) is 30.3 Å². The van der Waals surface area contributed by atoms with Crippen LogP contribution < -0.4 is 15.8 Å². The second kappa shape index (κ2) is 10.2. The number of aryl methyl sites for hydroxylation is 1. The van der Waals surface area contributed by atoms with Crippen molar-refractivity contribution in [2.75, 3.05) is 13.2 Å². The molecule has 0 heterocycles. The quantitative estimate of drug-likeness (QED) is 0.452. The number of carbonyl (C=O) groups is 2. The van der Waals surface area contributed by atoms with Crippen LogP contribution in [0.25, 0.3) is 0 Å². The van der Waals surface area contributed by atoms with Crippen LogP contribution in [-0.4, -0.2) is 30.4 Å². The van der Waals surface area contributed by atoms with Gasteiger partial charge in [-0.05, 0) is 63.4 Å². The predicted molar refractivity (Wildman–Crippen MR) is 107 cm³/mol. The number of Topliss-reactive ketones (excluding diaryl/α,β-unsaturated/α-hetero) is 1. The first kappa shape index (κ1) is 23.4. The van der Waals surface area contributed by atoms with Gasteiger partial charge in [-0.2, -0.15) is 4.39 Å². The van der Waals surface area contributed by atoms with E-state index in [4.69, 9.17) is 10.5 Å². The van der Waals surface area contributed by atoms with Crippen molar-refractivity contribution in [2.24, 2.45) is 5.73 Å². The molecule has 2 aromatic carbocycles. The molecule has 5 nitrogen and oxygen atoms in total. The summed E-state index contributed by atoms with van der Waals surface area (Å²) in [6.45, 7) is 2.43. The number of amides is 1. The molecule has 0 spiro atoms. The lowest BCUT2D eigenvalue weighted by Gasteiger charge is -2.29. The molecule has 0 aliphatic rings. The molecule has 8 heteroatoms. The van der Waals surface area contributed by atoms with Gasteiger partial charge in [0.2, 0.25) is 5.82 Å². The van der Waals surface area contributed by atoms with E-state index in [0.29, 0.717) is 31.0 Å². The van der Waals surface area contributed by atoms with Crippen molar-refractivity contribution in [3.63, 3.8) is 0 Å². The van der Waals surface area contributed by atoms with Gasteiger partial charge in [0.05, 0.1) is 5.54 Å². The molecule has 0 fully saturated rings. The Balaban J connectivity index is 2.20. The molecule has 2 aromatic rings. The maximum atomic E-state index is 14.1. The number of hydrogen-bond acceptors (Lipinski definition) is 4. The van der Waals surface area contributed by atoms with Crippen molar-refractivity contribution in [1.82, 2.24) is 5.32 Å². The lowest BCUT2D eigenvalue weighted by Crippen LogP contribution is -2.54. The van der Waals surface area contributed by atoms with Crippen molar-refractivity contribution in [3.05, 3.63) is 65.0 Å². The number of nitrogens with two attached hydrogens (primary N) is 1. The highest BCUT2D eigenvalue weighted by atomic mass is 19.2. The smallest absolute Gasteiger partial charge is 0.252 e. The molecule has 30 heavy (non-hydrogen) atoms. The van der Waals surface area contributed by atoms with E-state index in [1.165, 1.54) is 13.8 Å². The van der Waals surface area contributed by atoms with Gasteiger partial charge in [0.15, 0.2) is 23.2 Å². The van der Waals surface area contributed by atoms with Crippen LogP contribution in [0.4, 0.5) is 13.2 Å². The second-order valence-corrected chi connectivity index (χ2v) is 7.24. The third-order valence-electron chi connectivity index (χ3n) is 4.82. The topological polar surface area (TPSA) is 81.4 Å². The summed E-state index contributed by atoms with van der Waals surface area (Å²) in [4.78, 5) is 25.5. The molecule has 0 aromatic heterocycles. The highest BCUT2D eigenvalue weighted by molar-refractivity contribution is 6.00. The van der Waals surface area contributed by atoms with Gasteiger partial charge >= 0.3 is 0 Å². The maximum absolute atomic E-state index is 14.1. The minimum absolute atomic E-state index is 0.153. The van der Waals surface area contributed by atoms with Crippen LogP contribution >= 0.6 is 0 Å². The monoisotopic (exact) mass is 422 g/mol. The number of nitrogens with one attached hydrogen (secondary N) is 1. The van der Waals surface area contributed by atoms with E-state index in [2.05, 4.69) is 5.32 Å². The molecule has 0 aliphatic carbocycles. The highest BCUT2D eigenvalue weighted by Gasteiger charge is 2.35. The second-order valence-electron chi connectivity index (χ2n) is 7.24. The average molecular weight is 422 g/mol. The van der Waals surface area contributed by atoms with Crippen molar-refractivity contribution >= 4 is 11.7 Å². The number of hydrogen-bond donors (Lipinski definition) is 2. The van der Waals surface area contributed by atoms with Crippen LogP contribution in [-0.2, 0) is 4.79 Å². The SMILES string of the molecule is Cc1cc(F)c(F)c(OCC(=O)[C@](C)(CCCCN)NC(=O)c2ccccc2)c1F. The Kier molecular flexibility index (Phi) is 8.00. The van der Waals surface area contributed by atoms with Gasteiger partial charge < -0.3 is 15.8 Å². The van der Waals surface area contributed by atoms with Gasteiger partial charge in [0.25, 0.3) is 5.91 Å². The third kappa shape index (κ3) is 5.60. The van der Waals surface area contributed by atoms with E-state index in [1.807, 2.05) is 0 Å². The zero-order valence-electron chi connectivity index (χ0n) is 16.9. The fraction of sp³-hybridized carbons (Fsp3) is 0.364. The molecule has 0 radical (unpaired) electrons. The largest absolute Gasteiger partial charge is 0.479 e. The standard InChI is InChI=1S/C22H25F3N2O3/c1-14-12-16(23)19(25)20(18(14)24)30-13-17(28)22(2,10-6-7-11-26)27-21(29)15-8-4-3-5-9-15/h3-5,8-9,12H,6-7,10-11,13,26H2,1-2H3,(H,27,29)/t22-/m0/s1. The Morgan fingerprint density at radius 3 is 2.40 bits per heavy atom.